The lowest BCUT2D eigenvalue weighted by atomic mass is 9.98. The highest BCUT2D eigenvalue weighted by atomic mass is 16.5. The van der Waals surface area contributed by atoms with Crippen molar-refractivity contribution in [3.8, 4) is 0 Å². The van der Waals surface area contributed by atoms with Gasteiger partial charge in [0.25, 0.3) is 0 Å². The second-order valence-corrected chi connectivity index (χ2v) is 3.65. The minimum absolute atomic E-state index is 0.0777. The molecule has 0 N–H and O–H groups in total. The summed E-state index contributed by atoms with van der Waals surface area (Å²) in [4.78, 5) is 2.86. The molecule has 0 amide bonds. The molecule has 2 rings (SSSR count). The lowest BCUT2D eigenvalue weighted by Gasteiger charge is -2.27. The van der Waals surface area contributed by atoms with Gasteiger partial charge in [0.05, 0.1) is 6.10 Å². The van der Waals surface area contributed by atoms with E-state index < -0.39 is 0 Å². The summed E-state index contributed by atoms with van der Waals surface area (Å²) in [6.07, 6.45) is 1.69. The zero-order valence-electron chi connectivity index (χ0n) is 8.41. The smallest absolute Gasteiger partial charge is 0.0828 e. The summed E-state index contributed by atoms with van der Waals surface area (Å²) in [7, 11) is 0. The van der Waals surface area contributed by atoms with E-state index >= 15 is 0 Å². The van der Waals surface area contributed by atoms with E-state index in [0.29, 0.717) is 6.61 Å². The van der Waals surface area contributed by atoms with E-state index in [9.17, 15) is 0 Å². The Morgan fingerprint density at radius 2 is 2.13 bits per heavy atom. The minimum atomic E-state index is 0.0777. The van der Waals surface area contributed by atoms with E-state index in [1.165, 1.54) is 0 Å². The Morgan fingerprint density at radius 3 is 2.87 bits per heavy atom. The van der Waals surface area contributed by atoms with Crippen molar-refractivity contribution >= 4 is 0 Å². The molecule has 1 saturated heterocycles. The Bertz CT molecular complexity index is 359. The average Bonchev–Trinajstić information content (AvgIpc) is 2.31. The summed E-state index contributed by atoms with van der Waals surface area (Å²) < 4.78 is 5.66. The normalized spacial score (nSPS) is 25.6. The molecular weight excluding hydrogens is 190 g/mol. The van der Waals surface area contributed by atoms with Gasteiger partial charge in [-0.15, -0.1) is 0 Å². The van der Waals surface area contributed by atoms with Gasteiger partial charge in [-0.3, -0.25) is 0 Å². The Morgan fingerprint density at radius 1 is 1.33 bits per heavy atom. The summed E-state index contributed by atoms with van der Waals surface area (Å²) in [5.41, 5.74) is 9.56. The summed E-state index contributed by atoms with van der Waals surface area (Å²) >= 11 is 0. The van der Waals surface area contributed by atoms with E-state index in [0.717, 1.165) is 18.4 Å². The SMILES string of the molecule is [N-]=[N+]=N[C@@H]1CCO[C@@H](c2ccccc2)C1. The molecule has 1 heterocycles. The molecule has 4 nitrogen and oxygen atoms in total. The van der Waals surface area contributed by atoms with E-state index in [-0.39, 0.29) is 12.1 Å². The highest BCUT2D eigenvalue weighted by Crippen LogP contribution is 2.29. The van der Waals surface area contributed by atoms with Gasteiger partial charge in [0.2, 0.25) is 0 Å². The van der Waals surface area contributed by atoms with Crippen molar-refractivity contribution in [1.29, 1.82) is 0 Å². The quantitative estimate of drug-likeness (QED) is 0.413. The van der Waals surface area contributed by atoms with Crippen molar-refractivity contribution in [3.05, 3.63) is 46.3 Å². The highest BCUT2D eigenvalue weighted by Gasteiger charge is 2.22. The van der Waals surface area contributed by atoms with Crippen LogP contribution in [0.4, 0.5) is 0 Å². The third-order valence-electron chi connectivity index (χ3n) is 2.64. The van der Waals surface area contributed by atoms with Crippen LogP contribution in [-0.2, 0) is 4.74 Å². The van der Waals surface area contributed by atoms with Crippen LogP contribution < -0.4 is 0 Å². The maximum Gasteiger partial charge on any atom is 0.0828 e. The van der Waals surface area contributed by atoms with Crippen molar-refractivity contribution in [2.45, 2.75) is 25.0 Å². The molecule has 0 aliphatic carbocycles. The number of ether oxygens (including phenoxy) is 1. The van der Waals surface area contributed by atoms with Crippen LogP contribution in [0, 0.1) is 0 Å². The molecule has 1 aromatic carbocycles. The molecule has 4 heteroatoms. The first kappa shape index (κ1) is 10.0. The van der Waals surface area contributed by atoms with Crippen LogP contribution in [0.15, 0.2) is 35.4 Å². The molecule has 1 aromatic rings. The number of nitrogens with zero attached hydrogens (tertiary/aromatic N) is 3. The van der Waals surface area contributed by atoms with Crippen molar-refractivity contribution < 1.29 is 4.74 Å². The molecule has 1 fully saturated rings. The van der Waals surface area contributed by atoms with Crippen LogP contribution >= 0.6 is 0 Å². The lowest BCUT2D eigenvalue weighted by molar-refractivity contribution is 0.00675. The first-order valence-electron chi connectivity index (χ1n) is 5.11. The molecule has 15 heavy (non-hydrogen) atoms. The molecular formula is C11H13N3O. The summed E-state index contributed by atoms with van der Waals surface area (Å²) in [6.45, 7) is 0.670. The molecule has 2 atom stereocenters. The van der Waals surface area contributed by atoms with Crippen LogP contribution in [0.3, 0.4) is 0 Å². The molecule has 1 aliphatic heterocycles. The van der Waals surface area contributed by atoms with Crippen LogP contribution in [0.2, 0.25) is 0 Å². The molecule has 0 radical (unpaired) electrons. The maximum atomic E-state index is 8.39. The molecule has 0 aromatic heterocycles. The fourth-order valence-corrected chi connectivity index (χ4v) is 1.86. The Balaban J connectivity index is 2.07. The second kappa shape index (κ2) is 4.82. The average molecular weight is 203 g/mol. The molecule has 0 unspecified atom stereocenters. The Hall–Kier alpha value is -1.51. The molecule has 0 spiro atoms. The molecule has 1 aliphatic rings. The fourth-order valence-electron chi connectivity index (χ4n) is 1.86. The Kier molecular flexibility index (Phi) is 3.22. The van der Waals surface area contributed by atoms with Gasteiger partial charge in [-0.1, -0.05) is 35.4 Å². The summed E-state index contributed by atoms with van der Waals surface area (Å²) in [5.74, 6) is 0. The number of azide groups is 1. The standard InChI is InChI=1S/C11H13N3O/c12-14-13-10-6-7-15-11(8-10)9-4-2-1-3-5-9/h1-5,10-11H,6-8H2/t10-,11-/m1/s1. The van der Waals surface area contributed by atoms with Crippen molar-refractivity contribution in [1.82, 2.24) is 0 Å². The van der Waals surface area contributed by atoms with Crippen LogP contribution in [0.25, 0.3) is 10.4 Å². The summed E-state index contributed by atoms with van der Waals surface area (Å²) in [6, 6.07) is 10.1. The van der Waals surface area contributed by atoms with Gasteiger partial charge in [0.1, 0.15) is 0 Å². The van der Waals surface area contributed by atoms with Crippen molar-refractivity contribution in [2.24, 2.45) is 5.11 Å². The van der Waals surface area contributed by atoms with Gasteiger partial charge in [-0.05, 0) is 23.9 Å². The van der Waals surface area contributed by atoms with Gasteiger partial charge in [0.15, 0.2) is 0 Å². The Labute approximate surface area is 88.5 Å². The number of benzene rings is 1. The maximum absolute atomic E-state index is 8.39. The van der Waals surface area contributed by atoms with E-state index in [4.69, 9.17) is 10.3 Å². The number of hydrogen-bond donors (Lipinski definition) is 0. The lowest BCUT2D eigenvalue weighted by Crippen LogP contribution is -2.21. The zero-order chi connectivity index (χ0) is 10.5. The van der Waals surface area contributed by atoms with Crippen LogP contribution in [-0.4, -0.2) is 12.6 Å². The third-order valence-corrected chi connectivity index (χ3v) is 2.64. The largest absolute Gasteiger partial charge is 0.374 e. The monoisotopic (exact) mass is 203 g/mol. The third kappa shape index (κ3) is 2.49. The highest BCUT2D eigenvalue weighted by molar-refractivity contribution is 5.18. The molecule has 78 valence electrons. The van der Waals surface area contributed by atoms with Crippen LogP contribution in [0.1, 0.15) is 24.5 Å². The number of hydrogen-bond acceptors (Lipinski definition) is 2. The van der Waals surface area contributed by atoms with E-state index in [1.807, 2.05) is 30.3 Å². The van der Waals surface area contributed by atoms with Crippen molar-refractivity contribution in [3.63, 3.8) is 0 Å². The first-order valence-corrected chi connectivity index (χ1v) is 5.11. The number of rotatable bonds is 2. The van der Waals surface area contributed by atoms with Crippen molar-refractivity contribution in [2.75, 3.05) is 6.61 Å². The summed E-state index contributed by atoms with van der Waals surface area (Å²) in [5, 5.41) is 3.76. The predicted molar refractivity (Wildman–Crippen MR) is 57.3 cm³/mol. The van der Waals surface area contributed by atoms with Gasteiger partial charge < -0.3 is 4.74 Å². The van der Waals surface area contributed by atoms with Gasteiger partial charge in [0, 0.05) is 17.6 Å². The van der Waals surface area contributed by atoms with Gasteiger partial charge >= 0.3 is 0 Å². The predicted octanol–water partition coefficient (Wildman–Crippen LogP) is 3.22. The fraction of sp³-hybridized carbons (Fsp3) is 0.455. The van der Waals surface area contributed by atoms with Crippen LogP contribution in [0.5, 0.6) is 0 Å². The van der Waals surface area contributed by atoms with E-state index in [1.54, 1.807) is 0 Å². The molecule has 0 saturated carbocycles. The van der Waals surface area contributed by atoms with E-state index in [2.05, 4.69) is 10.0 Å². The topological polar surface area (TPSA) is 58.0 Å². The van der Waals surface area contributed by atoms with Gasteiger partial charge in [-0.2, -0.15) is 0 Å². The molecule has 0 bridgehead atoms. The zero-order valence-corrected chi connectivity index (χ0v) is 8.41. The second-order valence-electron chi connectivity index (χ2n) is 3.65. The van der Waals surface area contributed by atoms with Gasteiger partial charge in [-0.25, -0.2) is 0 Å². The first-order chi connectivity index (χ1) is 7.40. The minimum Gasteiger partial charge on any atom is -0.374 e.